The van der Waals surface area contributed by atoms with Gasteiger partial charge in [0.1, 0.15) is 0 Å². The third-order valence-electron chi connectivity index (χ3n) is 4.75. The van der Waals surface area contributed by atoms with Gasteiger partial charge in [-0.1, -0.05) is 56.3 Å². The van der Waals surface area contributed by atoms with Crippen LogP contribution in [0.25, 0.3) is 32.3 Å². The molecule has 0 unspecified atom stereocenters. The highest BCUT2D eigenvalue weighted by atomic mass is 16.5. The van der Waals surface area contributed by atoms with Crippen LogP contribution in [0, 0.1) is 0 Å². The SMILES string of the molecule is CCCOc1ccc2c(ccc3c4ccccc4ccc23)c1OCCC. The lowest BCUT2D eigenvalue weighted by Crippen LogP contribution is -2.02. The Kier molecular flexibility index (Phi) is 4.66. The van der Waals surface area contributed by atoms with Gasteiger partial charge in [-0.05, 0) is 58.0 Å². The molecule has 0 aliphatic rings. The standard InChI is InChI=1S/C24H24O2/c1-3-15-25-23-14-13-21-20-10-9-17-7-5-6-8-18(17)19(20)11-12-22(21)24(23)26-16-4-2/h5-14H,3-4,15-16H2,1-2H3. The van der Waals surface area contributed by atoms with Gasteiger partial charge in [-0.3, -0.25) is 0 Å². The Morgan fingerprint density at radius 2 is 1.19 bits per heavy atom. The summed E-state index contributed by atoms with van der Waals surface area (Å²) in [4.78, 5) is 0. The minimum atomic E-state index is 0.692. The molecule has 0 N–H and O–H groups in total. The van der Waals surface area contributed by atoms with E-state index < -0.39 is 0 Å². The topological polar surface area (TPSA) is 18.5 Å². The van der Waals surface area contributed by atoms with E-state index in [2.05, 4.69) is 74.5 Å². The van der Waals surface area contributed by atoms with Gasteiger partial charge in [0.05, 0.1) is 13.2 Å². The molecule has 2 nitrogen and oxygen atoms in total. The fraction of sp³-hybridized carbons (Fsp3) is 0.250. The average molecular weight is 344 g/mol. The van der Waals surface area contributed by atoms with Crippen molar-refractivity contribution in [1.29, 1.82) is 0 Å². The molecular formula is C24H24O2. The lowest BCUT2D eigenvalue weighted by molar-refractivity contribution is 0.271. The first-order chi connectivity index (χ1) is 12.8. The Morgan fingerprint density at radius 3 is 2.04 bits per heavy atom. The highest BCUT2D eigenvalue weighted by molar-refractivity contribution is 6.18. The van der Waals surface area contributed by atoms with E-state index in [4.69, 9.17) is 9.47 Å². The molecule has 132 valence electrons. The third kappa shape index (κ3) is 2.86. The van der Waals surface area contributed by atoms with Crippen LogP contribution in [0.4, 0.5) is 0 Å². The number of fused-ring (bicyclic) bond motifs is 5. The highest BCUT2D eigenvalue weighted by Crippen LogP contribution is 2.40. The molecule has 0 fully saturated rings. The Hall–Kier alpha value is -2.74. The van der Waals surface area contributed by atoms with Crippen molar-refractivity contribution in [3.05, 3.63) is 60.7 Å². The number of rotatable bonds is 6. The van der Waals surface area contributed by atoms with Gasteiger partial charge in [0.15, 0.2) is 11.5 Å². The Morgan fingerprint density at radius 1 is 0.577 bits per heavy atom. The molecule has 0 amide bonds. The monoisotopic (exact) mass is 344 g/mol. The maximum absolute atomic E-state index is 6.11. The molecule has 4 aromatic rings. The molecule has 26 heavy (non-hydrogen) atoms. The molecule has 0 aliphatic heterocycles. The zero-order valence-corrected chi connectivity index (χ0v) is 15.4. The highest BCUT2D eigenvalue weighted by Gasteiger charge is 2.13. The van der Waals surface area contributed by atoms with Crippen LogP contribution in [-0.2, 0) is 0 Å². The minimum Gasteiger partial charge on any atom is -0.490 e. The van der Waals surface area contributed by atoms with Crippen molar-refractivity contribution in [3.8, 4) is 11.5 Å². The van der Waals surface area contributed by atoms with Gasteiger partial charge in [0, 0.05) is 5.39 Å². The molecule has 0 saturated heterocycles. The summed E-state index contributed by atoms with van der Waals surface area (Å²) in [7, 11) is 0. The molecule has 4 rings (SSSR count). The molecule has 0 aliphatic carbocycles. The third-order valence-corrected chi connectivity index (χ3v) is 4.75. The average Bonchev–Trinajstić information content (AvgIpc) is 2.70. The molecule has 0 saturated carbocycles. The smallest absolute Gasteiger partial charge is 0.168 e. The van der Waals surface area contributed by atoms with E-state index in [1.807, 2.05) is 0 Å². The van der Waals surface area contributed by atoms with Crippen molar-refractivity contribution in [1.82, 2.24) is 0 Å². The molecule has 0 aromatic heterocycles. The predicted octanol–water partition coefficient (Wildman–Crippen LogP) is 6.72. The second-order valence-corrected chi connectivity index (χ2v) is 6.63. The molecule has 4 aromatic carbocycles. The zero-order valence-electron chi connectivity index (χ0n) is 15.4. The summed E-state index contributed by atoms with van der Waals surface area (Å²) in [6, 6.07) is 21.6. The first-order valence-electron chi connectivity index (χ1n) is 9.46. The van der Waals surface area contributed by atoms with Crippen molar-refractivity contribution < 1.29 is 9.47 Å². The van der Waals surface area contributed by atoms with Gasteiger partial charge in [0.25, 0.3) is 0 Å². The van der Waals surface area contributed by atoms with E-state index in [-0.39, 0.29) is 0 Å². The zero-order chi connectivity index (χ0) is 17.9. The lowest BCUT2D eigenvalue weighted by atomic mass is 9.96. The first-order valence-corrected chi connectivity index (χ1v) is 9.46. The van der Waals surface area contributed by atoms with Crippen LogP contribution in [0.15, 0.2) is 60.7 Å². The molecule has 0 spiro atoms. The molecule has 0 atom stereocenters. The molecule has 2 heteroatoms. The number of hydrogen-bond donors (Lipinski definition) is 0. The van der Waals surface area contributed by atoms with Gasteiger partial charge in [-0.25, -0.2) is 0 Å². The molecule has 0 radical (unpaired) electrons. The molecule has 0 bridgehead atoms. The predicted molar refractivity (Wildman–Crippen MR) is 111 cm³/mol. The van der Waals surface area contributed by atoms with Gasteiger partial charge >= 0.3 is 0 Å². The quantitative estimate of drug-likeness (QED) is 0.361. The van der Waals surface area contributed by atoms with Gasteiger partial charge in [0.2, 0.25) is 0 Å². The van der Waals surface area contributed by atoms with Crippen LogP contribution < -0.4 is 9.47 Å². The van der Waals surface area contributed by atoms with Crippen LogP contribution in [0.3, 0.4) is 0 Å². The summed E-state index contributed by atoms with van der Waals surface area (Å²) < 4.78 is 12.1. The van der Waals surface area contributed by atoms with Crippen molar-refractivity contribution in [3.63, 3.8) is 0 Å². The van der Waals surface area contributed by atoms with E-state index in [0.717, 1.165) is 29.7 Å². The Labute approximate surface area is 154 Å². The van der Waals surface area contributed by atoms with Crippen LogP contribution in [0.5, 0.6) is 11.5 Å². The van der Waals surface area contributed by atoms with Crippen LogP contribution >= 0.6 is 0 Å². The van der Waals surface area contributed by atoms with E-state index in [9.17, 15) is 0 Å². The van der Waals surface area contributed by atoms with E-state index in [1.54, 1.807) is 0 Å². The fourth-order valence-corrected chi connectivity index (χ4v) is 3.54. The Bertz CT molecular complexity index is 1070. The number of hydrogen-bond acceptors (Lipinski definition) is 2. The second kappa shape index (κ2) is 7.25. The first kappa shape index (κ1) is 16.7. The summed E-state index contributed by atoms with van der Waals surface area (Å²) >= 11 is 0. The summed E-state index contributed by atoms with van der Waals surface area (Å²) in [5.41, 5.74) is 0. The van der Waals surface area contributed by atoms with Crippen LogP contribution in [0.2, 0.25) is 0 Å². The molecular weight excluding hydrogens is 320 g/mol. The van der Waals surface area contributed by atoms with Crippen molar-refractivity contribution >= 4 is 32.3 Å². The normalized spacial score (nSPS) is 11.3. The van der Waals surface area contributed by atoms with Gasteiger partial charge in [-0.2, -0.15) is 0 Å². The Balaban J connectivity index is 1.97. The van der Waals surface area contributed by atoms with Crippen LogP contribution in [-0.4, -0.2) is 13.2 Å². The van der Waals surface area contributed by atoms with E-state index in [1.165, 1.54) is 26.9 Å². The summed E-state index contributed by atoms with van der Waals surface area (Å²) in [6.45, 7) is 5.63. The van der Waals surface area contributed by atoms with Crippen LogP contribution in [0.1, 0.15) is 26.7 Å². The lowest BCUT2D eigenvalue weighted by Gasteiger charge is -2.16. The largest absolute Gasteiger partial charge is 0.490 e. The maximum atomic E-state index is 6.11. The van der Waals surface area contributed by atoms with Crippen molar-refractivity contribution in [2.24, 2.45) is 0 Å². The summed E-state index contributed by atoms with van der Waals surface area (Å²) in [6.07, 6.45) is 1.96. The fourth-order valence-electron chi connectivity index (χ4n) is 3.54. The van der Waals surface area contributed by atoms with Crippen molar-refractivity contribution in [2.45, 2.75) is 26.7 Å². The summed E-state index contributed by atoms with van der Waals surface area (Å²) in [5.74, 6) is 1.71. The van der Waals surface area contributed by atoms with Gasteiger partial charge in [-0.15, -0.1) is 0 Å². The van der Waals surface area contributed by atoms with Gasteiger partial charge < -0.3 is 9.47 Å². The summed E-state index contributed by atoms with van der Waals surface area (Å²) in [5, 5.41) is 7.42. The molecule has 0 heterocycles. The number of ether oxygens (including phenoxy) is 2. The van der Waals surface area contributed by atoms with E-state index in [0.29, 0.717) is 13.2 Å². The minimum absolute atomic E-state index is 0.692. The van der Waals surface area contributed by atoms with Crippen molar-refractivity contribution in [2.75, 3.05) is 13.2 Å². The maximum Gasteiger partial charge on any atom is 0.168 e. The van der Waals surface area contributed by atoms with E-state index >= 15 is 0 Å². The second-order valence-electron chi connectivity index (χ2n) is 6.63. The number of benzene rings is 4.